The number of nitrogens with zero attached hydrogens (tertiary/aromatic N) is 1. The summed E-state index contributed by atoms with van der Waals surface area (Å²) >= 11 is 0. The van der Waals surface area contributed by atoms with Gasteiger partial charge in [-0.1, -0.05) is 206 Å². The molecule has 0 unspecified atom stereocenters. The zero-order valence-corrected chi connectivity index (χ0v) is 47.2. The first-order valence-corrected chi connectivity index (χ1v) is 29.6. The molecule has 0 spiro atoms. The number of quaternary nitrogens is 1. The van der Waals surface area contributed by atoms with Gasteiger partial charge in [0.25, 0.3) is 0 Å². The van der Waals surface area contributed by atoms with E-state index in [-0.39, 0.29) is 25.7 Å². The van der Waals surface area contributed by atoms with E-state index in [1.165, 1.54) is 25.7 Å². The van der Waals surface area contributed by atoms with Crippen molar-refractivity contribution in [1.29, 1.82) is 0 Å². The summed E-state index contributed by atoms with van der Waals surface area (Å²) < 4.78 is 318. The van der Waals surface area contributed by atoms with Crippen molar-refractivity contribution >= 4 is 29.1 Å². The van der Waals surface area contributed by atoms with E-state index in [0.29, 0.717) is 25.7 Å². The minimum Gasteiger partial charge on any atom is -0.306 e. The van der Waals surface area contributed by atoms with Gasteiger partial charge in [0.05, 0.1) is 17.0 Å². The molecule has 0 aliphatic heterocycles. The van der Waals surface area contributed by atoms with E-state index in [4.69, 9.17) is 0 Å². The lowest BCUT2D eigenvalue weighted by atomic mass is 9.44. The van der Waals surface area contributed by atoms with Gasteiger partial charge in [-0.3, -0.25) is 0 Å². The minimum absolute atomic E-state index is 0.0998. The summed E-state index contributed by atoms with van der Waals surface area (Å²) in [5.74, 6) is -65.4. The smallest absolute Gasteiger partial charge is 0.306 e. The Morgan fingerprint density at radius 1 is 0.217 bits per heavy atom. The van der Waals surface area contributed by atoms with Gasteiger partial charge in [0.1, 0.15) is 0 Å². The van der Waals surface area contributed by atoms with Crippen LogP contribution in [-0.4, -0.2) is 12.9 Å². The Morgan fingerprint density at radius 2 is 0.373 bits per heavy atom. The number of halogens is 20. The Kier molecular flexibility index (Phi) is 30.1. The number of hydrogen-bond donors (Lipinski definition) is 0. The predicted molar refractivity (Wildman–Crippen MR) is 284 cm³/mol. The molecule has 466 valence electrons. The van der Waals surface area contributed by atoms with Crippen molar-refractivity contribution in [1.82, 2.24) is 4.39 Å². The summed E-state index contributed by atoms with van der Waals surface area (Å²) in [6.45, 7) is -0.381. The van der Waals surface area contributed by atoms with Crippen molar-refractivity contribution in [3.63, 3.8) is 0 Å². The molecule has 0 fully saturated rings. The lowest BCUT2D eigenvalue weighted by Crippen LogP contribution is -2.75. The molecule has 0 heterocycles. The predicted octanol–water partition coefficient (Wildman–Crippen LogP) is 21.6. The van der Waals surface area contributed by atoms with Crippen molar-refractivity contribution in [2.75, 3.05) is 0 Å². The van der Waals surface area contributed by atoms with E-state index < -0.39 is 182 Å². The molecule has 0 atom stereocenters. The first-order chi connectivity index (χ1) is 39.6. The van der Waals surface area contributed by atoms with Crippen LogP contribution in [0.3, 0.4) is 0 Å². The van der Waals surface area contributed by atoms with Crippen LogP contribution in [0.1, 0.15) is 232 Å². The van der Waals surface area contributed by atoms with Crippen LogP contribution < -0.4 is 15.3 Å². The second kappa shape index (κ2) is 35.2. The van der Waals surface area contributed by atoms with Crippen LogP contribution in [0.2, 0.25) is 0 Å². The molecular weight excluding hydrogens is 1140 g/mol. The van der Waals surface area contributed by atoms with Gasteiger partial charge >= 0.3 is 6.85 Å². The number of unbranched alkanes of at least 4 members (excludes halogenated alkanes) is 30. The molecular formula is C61H75BF20N+. The van der Waals surface area contributed by atoms with Gasteiger partial charge in [-0.2, -0.15) is 17.6 Å². The van der Waals surface area contributed by atoms with Crippen LogP contribution in [0, 0.1) is 116 Å². The van der Waals surface area contributed by atoms with Crippen molar-refractivity contribution < 1.29 is 87.8 Å². The summed E-state index contributed by atoms with van der Waals surface area (Å²) in [4.78, 5) is 0. The third-order valence-corrected chi connectivity index (χ3v) is 15.9. The molecule has 0 amide bonds. The highest BCUT2D eigenvalue weighted by molar-refractivity contribution is 6.87. The quantitative estimate of drug-likeness (QED) is 0.0137. The van der Waals surface area contributed by atoms with E-state index in [2.05, 4.69) is 13.8 Å². The van der Waals surface area contributed by atoms with Crippen LogP contribution >= 0.6 is 0 Å². The lowest BCUT2D eigenvalue weighted by molar-refractivity contribution is 0.288. The molecule has 0 N–H and O–H groups in total. The van der Waals surface area contributed by atoms with Gasteiger partial charge in [-0.25, -0.2) is 70.2 Å². The van der Waals surface area contributed by atoms with Gasteiger partial charge in [0, 0.05) is 0 Å². The Morgan fingerprint density at radius 3 is 0.566 bits per heavy atom. The SMILES string of the molecule is CCCCCCCCCCCCCCCCCCC(CCCCCCCCCCCCCCCCCC)[N+](B(c1c(F)c(F)c(F)c(F)c1F)c1c(F)c(F)c(F)c(F)c1F)(c1c(F)c(F)c(F)c(F)c1F)c1c(F)c(F)c(F)c(F)c1F. The third-order valence-electron chi connectivity index (χ3n) is 15.9. The first-order valence-electron chi connectivity index (χ1n) is 29.6. The Bertz CT molecular complexity index is 2410. The molecule has 0 radical (unpaired) electrons. The zero-order valence-electron chi connectivity index (χ0n) is 47.2. The average molecular weight is 1210 g/mol. The molecule has 0 saturated heterocycles. The second-order valence-electron chi connectivity index (χ2n) is 21.8. The normalized spacial score (nSPS) is 12.0. The van der Waals surface area contributed by atoms with Crippen molar-refractivity contribution in [3.05, 3.63) is 116 Å². The summed E-state index contributed by atoms with van der Waals surface area (Å²) in [6.07, 6.45) is 21.6. The molecule has 0 aliphatic carbocycles. The van der Waals surface area contributed by atoms with Crippen molar-refractivity contribution in [2.45, 2.75) is 238 Å². The lowest BCUT2D eigenvalue weighted by Gasteiger charge is -2.49. The second-order valence-corrected chi connectivity index (χ2v) is 21.8. The fourth-order valence-corrected chi connectivity index (χ4v) is 11.5. The molecule has 0 aliphatic rings. The molecule has 0 saturated carbocycles. The van der Waals surface area contributed by atoms with Gasteiger partial charge < -0.3 is 4.39 Å². The summed E-state index contributed by atoms with van der Waals surface area (Å²) in [7, 11) is 0. The number of rotatable bonds is 40. The largest absolute Gasteiger partial charge is 0.499 e. The maximum atomic E-state index is 17.2. The number of hydrogen-bond acceptors (Lipinski definition) is 0. The molecule has 0 bridgehead atoms. The Hall–Kier alpha value is -4.50. The Balaban J connectivity index is 1.95. The molecule has 4 rings (SSSR count). The molecule has 22 heteroatoms. The van der Waals surface area contributed by atoms with Crippen LogP contribution in [0.5, 0.6) is 0 Å². The highest BCUT2D eigenvalue weighted by Crippen LogP contribution is 2.51. The van der Waals surface area contributed by atoms with Gasteiger partial charge in [0.15, 0.2) is 69.5 Å². The Labute approximate surface area is 474 Å². The van der Waals surface area contributed by atoms with E-state index >= 15 is 79.0 Å². The van der Waals surface area contributed by atoms with Crippen LogP contribution in [0.4, 0.5) is 99.2 Å². The third kappa shape index (κ3) is 17.4. The summed E-state index contributed by atoms with van der Waals surface area (Å²) in [6, 6.07) is -2.86. The highest BCUT2D eigenvalue weighted by Gasteiger charge is 2.65. The van der Waals surface area contributed by atoms with Gasteiger partial charge in [0.2, 0.25) is 58.2 Å². The monoisotopic (exact) mass is 1210 g/mol. The van der Waals surface area contributed by atoms with Crippen LogP contribution in [0.25, 0.3) is 0 Å². The molecule has 1 nitrogen and oxygen atoms in total. The molecule has 83 heavy (non-hydrogen) atoms. The standard InChI is InChI=1S/C61H75BF20N/c1-3-5-7-9-11-13-15-17-19-21-23-25-27-29-31-33-35-37(36-34-32-30-28-26-24-22-20-18-16-14-12-10-8-6-4-2)83(60-56(79)52(75)50(73)53(76)57(60)80,61-58(81)54(77)51(74)55(78)59(61)82)62(38-40(63)44(67)48(71)45(68)41(38)64)39-42(65)46(69)49(72)47(70)43(39)66/h37H,3-36H2,1-2H3/q+1. The van der Waals surface area contributed by atoms with E-state index in [9.17, 15) is 8.78 Å². The maximum absolute atomic E-state index is 17.2. The summed E-state index contributed by atoms with van der Waals surface area (Å²) in [5, 5.41) is 0. The maximum Gasteiger partial charge on any atom is 0.499 e. The fourth-order valence-electron chi connectivity index (χ4n) is 11.5. The van der Waals surface area contributed by atoms with E-state index in [1.807, 2.05) is 0 Å². The summed E-state index contributed by atoms with van der Waals surface area (Å²) in [5.41, 5.74) is -12.0. The van der Waals surface area contributed by atoms with Crippen LogP contribution in [-0.2, 0) is 0 Å². The molecule has 0 aromatic heterocycles. The fraction of sp³-hybridized carbons (Fsp3) is 0.607. The van der Waals surface area contributed by atoms with Gasteiger partial charge in [-0.05, 0) is 25.7 Å². The highest BCUT2D eigenvalue weighted by atomic mass is 19.2. The number of benzene rings is 4. The minimum atomic E-state index is -4.63. The zero-order chi connectivity index (χ0) is 61.6. The van der Waals surface area contributed by atoms with Crippen molar-refractivity contribution in [3.8, 4) is 0 Å². The van der Waals surface area contributed by atoms with E-state index in [1.54, 1.807) is 0 Å². The van der Waals surface area contributed by atoms with E-state index in [0.717, 1.165) is 116 Å². The van der Waals surface area contributed by atoms with Crippen LogP contribution in [0.15, 0.2) is 0 Å². The molecule has 4 aromatic rings. The first kappa shape index (κ1) is 71.0. The molecule has 4 aromatic carbocycles. The average Bonchev–Trinajstić information content (AvgIpc) is 1.74. The van der Waals surface area contributed by atoms with Crippen molar-refractivity contribution in [2.24, 2.45) is 0 Å². The van der Waals surface area contributed by atoms with Gasteiger partial charge in [-0.15, -0.1) is 0 Å². The topological polar surface area (TPSA) is 0 Å².